The highest BCUT2D eigenvalue weighted by Crippen LogP contribution is 2.07. The molecule has 0 aromatic carbocycles. The summed E-state index contributed by atoms with van der Waals surface area (Å²) in [6, 6.07) is 1.45. The van der Waals surface area contributed by atoms with Crippen molar-refractivity contribution >= 4 is 5.91 Å². The molecular weight excluding hydrogens is 156 g/mol. The van der Waals surface area contributed by atoms with Crippen molar-refractivity contribution in [2.24, 2.45) is 0 Å². The van der Waals surface area contributed by atoms with Crippen molar-refractivity contribution in [2.75, 3.05) is 0 Å². The molecule has 1 unspecified atom stereocenters. The minimum atomic E-state index is -0.453. The topological polar surface area (TPSA) is 55.1 Å². The van der Waals surface area contributed by atoms with Crippen LogP contribution in [0.1, 0.15) is 18.7 Å². The molecule has 0 aliphatic rings. The van der Waals surface area contributed by atoms with Crippen LogP contribution in [0.2, 0.25) is 0 Å². The van der Waals surface area contributed by atoms with Crippen LogP contribution in [-0.2, 0) is 4.79 Å². The lowest BCUT2D eigenvalue weighted by molar-refractivity contribution is -0.116. The summed E-state index contributed by atoms with van der Waals surface area (Å²) in [6.45, 7) is 1.77. The first-order valence-electron chi connectivity index (χ1n) is 3.41. The molecule has 1 N–H and O–H groups in total. The van der Waals surface area contributed by atoms with E-state index in [-0.39, 0.29) is 6.04 Å². The van der Waals surface area contributed by atoms with Crippen LogP contribution in [-0.4, -0.2) is 11.1 Å². The Morgan fingerprint density at radius 1 is 1.92 bits per heavy atom. The van der Waals surface area contributed by atoms with Crippen molar-refractivity contribution < 1.29 is 9.32 Å². The van der Waals surface area contributed by atoms with Gasteiger partial charge < -0.3 is 9.84 Å². The van der Waals surface area contributed by atoms with Crippen molar-refractivity contribution in [3.8, 4) is 12.3 Å². The molecule has 62 valence electrons. The fourth-order valence-electron chi connectivity index (χ4n) is 0.758. The van der Waals surface area contributed by atoms with Crippen molar-refractivity contribution in [3.63, 3.8) is 0 Å². The van der Waals surface area contributed by atoms with E-state index in [1.54, 1.807) is 13.0 Å². The molecule has 1 heterocycles. The van der Waals surface area contributed by atoms with Crippen molar-refractivity contribution in [1.29, 1.82) is 0 Å². The van der Waals surface area contributed by atoms with E-state index in [0.717, 1.165) is 0 Å². The van der Waals surface area contributed by atoms with Crippen LogP contribution in [0, 0.1) is 12.3 Å². The molecular formula is C8H8N2O2. The molecule has 0 aliphatic carbocycles. The van der Waals surface area contributed by atoms with Gasteiger partial charge in [-0.2, -0.15) is 0 Å². The number of nitrogens with one attached hydrogen (secondary N) is 1. The highest BCUT2D eigenvalue weighted by Gasteiger charge is 2.09. The monoisotopic (exact) mass is 164 g/mol. The minimum Gasteiger partial charge on any atom is -0.364 e. The molecule has 1 aromatic rings. The van der Waals surface area contributed by atoms with Gasteiger partial charge in [0.2, 0.25) is 0 Å². The predicted octanol–water partition coefficient (Wildman–Crippen LogP) is 0.485. The molecule has 0 aliphatic heterocycles. The Morgan fingerprint density at radius 2 is 2.67 bits per heavy atom. The van der Waals surface area contributed by atoms with E-state index >= 15 is 0 Å². The maximum Gasteiger partial charge on any atom is 0.296 e. The van der Waals surface area contributed by atoms with E-state index in [0.29, 0.717) is 5.69 Å². The number of aromatic nitrogens is 1. The van der Waals surface area contributed by atoms with E-state index in [9.17, 15) is 4.79 Å². The van der Waals surface area contributed by atoms with Gasteiger partial charge in [0.05, 0.1) is 6.04 Å². The summed E-state index contributed by atoms with van der Waals surface area (Å²) in [5.41, 5.74) is 0.651. The standard InChI is InChI=1S/C8H8N2O2/c1-3-8(11)9-6(2)7-4-5-12-10-7/h1,4-6H,2H3,(H,9,11). The average Bonchev–Trinajstić information content (AvgIpc) is 2.56. The van der Waals surface area contributed by atoms with Gasteiger partial charge in [-0.3, -0.25) is 4.79 Å². The number of hydrogen-bond donors (Lipinski definition) is 1. The average molecular weight is 164 g/mol. The van der Waals surface area contributed by atoms with Crippen LogP contribution < -0.4 is 5.32 Å². The highest BCUT2D eigenvalue weighted by molar-refractivity contribution is 5.93. The van der Waals surface area contributed by atoms with Gasteiger partial charge in [-0.25, -0.2) is 0 Å². The number of amides is 1. The Kier molecular flexibility index (Phi) is 2.49. The molecule has 1 aromatic heterocycles. The first kappa shape index (κ1) is 8.34. The fourth-order valence-corrected chi connectivity index (χ4v) is 0.758. The van der Waals surface area contributed by atoms with Gasteiger partial charge in [0, 0.05) is 6.07 Å². The first-order valence-corrected chi connectivity index (χ1v) is 3.41. The van der Waals surface area contributed by atoms with E-state index in [2.05, 4.69) is 15.0 Å². The van der Waals surface area contributed by atoms with E-state index in [1.807, 2.05) is 5.92 Å². The smallest absolute Gasteiger partial charge is 0.296 e. The van der Waals surface area contributed by atoms with Gasteiger partial charge in [-0.05, 0) is 12.8 Å². The third kappa shape index (κ3) is 1.86. The molecule has 0 fully saturated rings. The largest absolute Gasteiger partial charge is 0.364 e. The van der Waals surface area contributed by atoms with Gasteiger partial charge in [0.25, 0.3) is 5.91 Å². The van der Waals surface area contributed by atoms with Crippen molar-refractivity contribution in [3.05, 3.63) is 18.0 Å². The van der Waals surface area contributed by atoms with Gasteiger partial charge in [0.1, 0.15) is 12.0 Å². The number of carbonyl (C=O) groups is 1. The molecule has 1 amide bonds. The number of rotatable bonds is 2. The first-order chi connectivity index (χ1) is 5.74. The quantitative estimate of drug-likeness (QED) is 0.647. The molecule has 4 heteroatoms. The Hall–Kier alpha value is -1.76. The molecule has 4 nitrogen and oxygen atoms in total. The second-order valence-corrected chi connectivity index (χ2v) is 2.26. The zero-order valence-electron chi connectivity index (χ0n) is 6.57. The fraction of sp³-hybridized carbons (Fsp3) is 0.250. The summed E-state index contributed by atoms with van der Waals surface area (Å²) in [5, 5.41) is 6.18. The Balaban J connectivity index is 2.57. The zero-order chi connectivity index (χ0) is 8.97. The number of carbonyl (C=O) groups excluding carboxylic acids is 1. The molecule has 0 saturated carbocycles. The number of nitrogens with zero attached hydrogens (tertiary/aromatic N) is 1. The Morgan fingerprint density at radius 3 is 3.17 bits per heavy atom. The summed E-state index contributed by atoms with van der Waals surface area (Å²) >= 11 is 0. The van der Waals surface area contributed by atoms with E-state index < -0.39 is 5.91 Å². The predicted molar refractivity (Wildman–Crippen MR) is 41.9 cm³/mol. The SMILES string of the molecule is C#CC(=O)NC(C)c1ccon1. The Labute approximate surface area is 69.9 Å². The zero-order valence-corrected chi connectivity index (χ0v) is 6.57. The highest BCUT2D eigenvalue weighted by atomic mass is 16.5. The van der Waals surface area contributed by atoms with E-state index in [4.69, 9.17) is 6.42 Å². The molecule has 0 saturated heterocycles. The molecule has 1 atom stereocenters. The van der Waals surface area contributed by atoms with Gasteiger partial charge in [-0.1, -0.05) is 5.16 Å². The summed E-state index contributed by atoms with van der Waals surface area (Å²) in [4.78, 5) is 10.7. The molecule has 0 bridgehead atoms. The van der Waals surface area contributed by atoms with Crippen molar-refractivity contribution in [2.45, 2.75) is 13.0 Å². The molecule has 1 rings (SSSR count). The third-order valence-electron chi connectivity index (χ3n) is 1.38. The van der Waals surface area contributed by atoms with Crippen LogP contribution in [0.3, 0.4) is 0 Å². The number of terminal acetylenes is 1. The van der Waals surface area contributed by atoms with Crippen LogP contribution in [0.15, 0.2) is 16.9 Å². The van der Waals surface area contributed by atoms with E-state index in [1.165, 1.54) is 6.26 Å². The minimum absolute atomic E-state index is 0.215. The summed E-state index contributed by atoms with van der Waals surface area (Å²) in [7, 11) is 0. The lowest BCUT2D eigenvalue weighted by atomic mass is 10.2. The second-order valence-electron chi connectivity index (χ2n) is 2.26. The second kappa shape index (κ2) is 3.58. The summed E-state index contributed by atoms with van der Waals surface area (Å²) < 4.78 is 4.60. The normalized spacial score (nSPS) is 11.7. The maximum absolute atomic E-state index is 10.7. The molecule has 0 spiro atoms. The Bertz CT molecular complexity index is 297. The van der Waals surface area contributed by atoms with Gasteiger partial charge in [0.15, 0.2) is 0 Å². The maximum atomic E-state index is 10.7. The molecule has 0 radical (unpaired) electrons. The molecule has 12 heavy (non-hydrogen) atoms. The number of hydrogen-bond acceptors (Lipinski definition) is 3. The lowest BCUT2D eigenvalue weighted by Crippen LogP contribution is -2.24. The van der Waals surface area contributed by atoms with Gasteiger partial charge in [-0.15, -0.1) is 6.42 Å². The third-order valence-corrected chi connectivity index (χ3v) is 1.38. The van der Waals surface area contributed by atoms with Crippen LogP contribution in [0.4, 0.5) is 0 Å². The van der Waals surface area contributed by atoms with Crippen molar-refractivity contribution in [1.82, 2.24) is 10.5 Å². The summed E-state index contributed by atoms with van der Waals surface area (Å²) in [6.07, 6.45) is 6.31. The van der Waals surface area contributed by atoms with Crippen LogP contribution >= 0.6 is 0 Å². The van der Waals surface area contributed by atoms with Crippen LogP contribution in [0.25, 0.3) is 0 Å². The summed E-state index contributed by atoms with van der Waals surface area (Å²) in [5.74, 6) is 1.50. The van der Waals surface area contributed by atoms with Crippen LogP contribution in [0.5, 0.6) is 0 Å². The lowest BCUT2D eigenvalue weighted by Gasteiger charge is -2.06. The van der Waals surface area contributed by atoms with Gasteiger partial charge >= 0.3 is 0 Å².